The van der Waals surface area contributed by atoms with Crippen LogP contribution in [0.25, 0.3) is 0 Å². The van der Waals surface area contributed by atoms with Crippen molar-refractivity contribution in [2.45, 2.75) is 58.4 Å². The van der Waals surface area contributed by atoms with Crippen molar-refractivity contribution in [2.75, 3.05) is 0 Å². The van der Waals surface area contributed by atoms with E-state index >= 15 is 0 Å². The number of ketones is 1. The number of nitrogens with zero attached hydrogens (tertiary/aromatic N) is 4. The van der Waals surface area contributed by atoms with Crippen LogP contribution in [0.15, 0.2) is 6.07 Å². The van der Waals surface area contributed by atoms with Crippen molar-refractivity contribution in [3.63, 3.8) is 0 Å². The number of hydrogen-bond donors (Lipinski definition) is 0. The highest BCUT2D eigenvalue weighted by atomic mass is 32.1. The van der Waals surface area contributed by atoms with Crippen molar-refractivity contribution in [3.8, 4) is 6.07 Å². The van der Waals surface area contributed by atoms with Crippen molar-refractivity contribution in [1.82, 2.24) is 14.8 Å². The van der Waals surface area contributed by atoms with Gasteiger partial charge in [-0.25, -0.2) is 0 Å². The van der Waals surface area contributed by atoms with E-state index in [0.717, 1.165) is 49.4 Å². The summed E-state index contributed by atoms with van der Waals surface area (Å²) < 4.78 is 1.99. The lowest BCUT2D eigenvalue weighted by Crippen LogP contribution is -2.17. The fourth-order valence-corrected chi connectivity index (χ4v) is 4.17. The molecule has 0 bridgehead atoms. The number of fused-ring (bicyclic) bond motifs is 1. The first-order valence-corrected chi connectivity index (χ1v) is 8.92. The third-order valence-corrected chi connectivity index (χ3v) is 5.54. The second-order valence-corrected chi connectivity index (χ2v) is 7.17. The molecule has 3 heterocycles. The number of hydrogen-bond acceptors (Lipinski definition) is 5. The van der Waals surface area contributed by atoms with Gasteiger partial charge in [0.15, 0.2) is 17.5 Å². The number of Topliss-reactive ketones (excluding diaryl/α,β-unsaturated/α-hetero) is 1. The molecule has 0 amide bonds. The minimum absolute atomic E-state index is 0.153. The van der Waals surface area contributed by atoms with E-state index in [1.54, 1.807) is 0 Å². The predicted octanol–water partition coefficient (Wildman–Crippen LogP) is 3.43. The normalized spacial score (nSPS) is 15.5. The zero-order valence-corrected chi connectivity index (χ0v) is 14.3. The first kappa shape index (κ1) is 15.9. The first-order valence-electron chi connectivity index (χ1n) is 8.10. The molecule has 0 aliphatic carbocycles. The average molecular weight is 328 g/mol. The molecule has 0 radical (unpaired) electrons. The third-order valence-electron chi connectivity index (χ3n) is 4.43. The summed E-state index contributed by atoms with van der Waals surface area (Å²) in [5.74, 6) is 0.400. The Morgan fingerprint density at radius 3 is 2.96 bits per heavy atom. The van der Waals surface area contributed by atoms with Crippen LogP contribution in [0.5, 0.6) is 0 Å². The van der Waals surface area contributed by atoms with Gasteiger partial charge < -0.3 is 4.57 Å². The van der Waals surface area contributed by atoms with E-state index in [9.17, 15) is 10.1 Å². The van der Waals surface area contributed by atoms with Crippen molar-refractivity contribution in [3.05, 3.63) is 33.0 Å². The molecule has 6 heteroatoms. The molecule has 0 aromatic carbocycles. The van der Waals surface area contributed by atoms with E-state index in [4.69, 9.17) is 0 Å². The fourth-order valence-electron chi connectivity index (χ4n) is 3.09. The lowest BCUT2D eigenvalue weighted by Gasteiger charge is -2.10. The van der Waals surface area contributed by atoms with Gasteiger partial charge in [0.05, 0.1) is 10.9 Å². The maximum absolute atomic E-state index is 12.8. The van der Waals surface area contributed by atoms with E-state index in [-0.39, 0.29) is 5.78 Å². The highest BCUT2D eigenvalue weighted by Gasteiger charge is 2.30. The Hall–Kier alpha value is -2.00. The van der Waals surface area contributed by atoms with Gasteiger partial charge in [0.2, 0.25) is 0 Å². The molecule has 2 aromatic rings. The monoisotopic (exact) mass is 328 g/mol. The zero-order valence-electron chi connectivity index (χ0n) is 13.5. The number of thiophene rings is 1. The molecule has 0 saturated carbocycles. The Balaban J connectivity index is 1.95. The third kappa shape index (κ3) is 2.93. The molecule has 0 fully saturated rings. The summed E-state index contributed by atoms with van der Waals surface area (Å²) in [6.45, 7) is 4.89. The van der Waals surface area contributed by atoms with Crippen LogP contribution >= 0.6 is 11.3 Å². The Kier molecular flexibility index (Phi) is 4.58. The predicted molar refractivity (Wildman–Crippen MR) is 88.7 cm³/mol. The Bertz CT molecular complexity index is 768. The second-order valence-electron chi connectivity index (χ2n) is 5.91. The molecular formula is C17H20N4OS. The highest BCUT2D eigenvalue weighted by Crippen LogP contribution is 2.28. The molecule has 23 heavy (non-hydrogen) atoms. The quantitative estimate of drug-likeness (QED) is 0.806. The van der Waals surface area contributed by atoms with Gasteiger partial charge >= 0.3 is 0 Å². The second kappa shape index (κ2) is 6.63. The van der Waals surface area contributed by atoms with Crippen molar-refractivity contribution in [2.24, 2.45) is 0 Å². The summed E-state index contributed by atoms with van der Waals surface area (Å²) in [4.78, 5) is 14.6. The molecule has 1 aliphatic heterocycles. The van der Waals surface area contributed by atoms with Gasteiger partial charge in [0, 0.05) is 17.8 Å². The summed E-state index contributed by atoms with van der Waals surface area (Å²) in [7, 11) is 0. The minimum Gasteiger partial charge on any atom is -0.313 e. The van der Waals surface area contributed by atoms with E-state index < -0.39 is 5.92 Å². The number of carbonyl (C=O) groups is 1. The van der Waals surface area contributed by atoms with Gasteiger partial charge in [-0.1, -0.05) is 13.3 Å². The summed E-state index contributed by atoms with van der Waals surface area (Å²) >= 11 is 1.47. The molecule has 0 spiro atoms. The SMILES string of the molecule is CCc1cc(C(=O)[C@H](C#N)c2nnc3n2CCCCC3)sc1C. The molecule has 3 rings (SSSR count). The Labute approximate surface area is 140 Å². The van der Waals surface area contributed by atoms with Gasteiger partial charge in [0.25, 0.3) is 0 Å². The fraction of sp³-hybridized carbons (Fsp3) is 0.529. The summed E-state index contributed by atoms with van der Waals surface area (Å²) in [6, 6.07) is 4.08. The highest BCUT2D eigenvalue weighted by molar-refractivity contribution is 7.14. The average Bonchev–Trinajstić information content (AvgIpc) is 3.04. The summed E-state index contributed by atoms with van der Waals surface area (Å²) in [6.07, 6.45) is 5.05. The molecule has 0 N–H and O–H groups in total. The van der Waals surface area contributed by atoms with E-state index in [1.807, 2.05) is 17.6 Å². The molecule has 2 aromatic heterocycles. The van der Waals surface area contributed by atoms with Crippen molar-refractivity contribution < 1.29 is 4.79 Å². The van der Waals surface area contributed by atoms with E-state index in [0.29, 0.717) is 10.7 Å². The summed E-state index contributed by atoms with van der Waals surface area (Å²) in [5.41, 5.74) is 1.18. The first-order chi connectivity index (χ1) is 11.2. The van der Waals surface area contributed by atoms with E-state index in [1.165, 1.54) is 16.9 Å². The molecule has 120 valence electrons. The number of nitriles is 1. The number of aryl methyl sites for hydroxylation is 3. The van der Waals surface area contributed by atoms with Gasteiger partial charge in [-0.15, -0.1) is 21.5 Å². The Morgan fingerprint density at radius 2 is 2.26 bits per heavy atom. The van der Waals surface area contributed by atoms with Crippen LogP contribution in [0.4, 0.5) is 0 Å². The minimum atomic E-state index is -0.864. The van der Waals surface area contributed by atoms with Crippen LogP contribution in [0.1, 0.15) is 63.9 Å². The van der Waals surface area contributed by atoms with Gasteiger partial charge in [-0.2, -0.15) is 5.26 Å². The smallest absolute Gasteiger partial charge is 0.197 e. The molecule has 1 atom stereocenters. The molecule has 0 saturated heterocycles. The number of rotatable bonds is 4. The van der Waals surface area contributed by atoms with Crippen LogP contribution in [-0.4, -0.2) is 20.5 Å². The van der Waals surface area contributed by atoms with Crippen molar-refractivity contribution >= 4 is 17.1 Å². The van der Waals surface area contributed by atoms with Crippen LogP contribution in [0.2, 0.25) is 0 Å². The van der Waals surface area contributed by atoms with E-state index in [2.05, 4.69) is 23.2 Å². The maximum atomic E-state index is 12.8. The largest absolute Gasteiger partial charge is 0.313 e. The zero-order chi connectivity index (χ0) is 16.4. The molecule has 1 aliphatic rings. The van der Waals surface area contributed by atoms with Crippen molar-refractivity contribution in [1.29, 1.82) is 5.26 Å². The Morgan fingerprint density at radius 1 is 1.43 bits per heavy atom. The maximum Gasteiger partial charge on any atom is 0.197 e. The number of carbonyl (C=O) groups excluding carboxylic acids is 1. The van der Waals surface area contributed by atoms with Gasteiger partial charge in [-0.3, -0.25) is 4.79 Å². The molecule has 5 nitrogen and oxygen atoms in total. The van der Waals surface area contributed by atoms with Gasteiger partial charge in [-0.05, 0) is 37.8 Å². The summed E-state index contributed by atoms with van der Waals surface area (Å²) in [5, 5.41) is 18.0. The lowest BCUT2D eigenvalue weighted by atomic mass is 10.0. The molecular weight excluding hydrogens is 308 g/mol. The van der Waals surface area contributed by atoms with Crippen LogP contribution in [-0.2, 0) is 19.4 Å². The van der Waals surface area contributed by atoms with Gasteiger partial charge in [0.1, 0.15) is 5.82 Å². The van der Waals surface area contributed by atoms with Crippen LogP contribution < -0.4 is 0 Å². The van der Waals surface area contributed by atoms with Crippen LogP contribution in [0, 0.1) is 18.3 Å². The standard InChI is InChI=1S/C17H20N4OS/c1-3-12-9-14(23-11(12)2)16(22)13(10-18)17-20-19-15-7-5-4-6-8-21(15)17/h9,13H,3-8H2,1-2H3/t13-/m0/s1. The lowest BCUT2D eigenvalue weighted by molar-refractivity contribution is 0.0978. The topological polar surface area (TPSA) is 71.6 Å². The molecule has 0 unspecified atom stereocenters. The number of aromatic nitrogens is 3. The van der Waals surface area contributed by atoms with Crippen LogP contribution in [0.3, 0.4) is 0 Å².